The molecule has 2 aliphatic heterocycles. The lowest BCUT2D eigenvalue weighted by Crippen LogP contribution is -2.51. The van der Waals surface area contributed by atoms with Crippen LogP contribution in [0.3, 0.4) is 0 Å². The molecule has 244 valence electrons. The van der Waals surface area contributed by atoms with Gasteiger partial charge in [-0.3, -0.25) is 4.79 Å². The lowest BCUT2D eigenvalue weighted by atomic mass is 10.0. The van der Waals surface area contributed by atoms with Crippen LogP contribution in [0.4, 0.5) is 4.79 Å². The quantitative estimate of drug-likeness (QED) is 0.262. The molecule has 1 amide bonds. The summed E-state index contributed by atoms with van der Waals surface area (Å²) in [5, 5.41) is 18.6. The molecule has 1 aromatic heterocycles. The van der Waals surface area contributed by atoms with Gasteiger partial charge in [0.2, 0.25) is 10.0 Å². The van der Waals surface area contributed by atoms with Crippen LogP contribution in [0.2, 0.25) is 0 Å². The van der Waals surface area contributed by atoms with Crippen molar-refractivity contribution in [3.63, 3.8) is 0 Å². The first kappa shape index (κ1) is 32.8. The van der Waals surface area contributed by atoms with Crippen LogP contribution in [-0.4, -0.2) is 85.9 Å². The summed E-state index contributed by atoms with van der Waals surface area (Å²) < 4.78 is 56.3. The average molecular weight is 646 g/mol. The van der Waals surface area contributed by atoms with Gasteiger partial charge in [0.1, 0.15) is 18.4 Å². The number of aliphatic hydroxyl groups excluding tert-OH is 1. The number of fused-ring (bicyclic) bond motifs is 2. The van der Waals surface area contributed by atoms with Gasteiger partial charge in [-0.05, 0) is 42.5 Å². The molecule has 0 bridgehead atoms. The van der Waals surface area contributed by atoms with E-state index >= 15 is 0 Å². The molecule has 2 saturated heterocycles. The molecule has 2 fully saturated rings. The highest BCUT2D eigenvalue weighted by molar-refractivity contribution is 7.89. The Hall–Kier alpha value is -3.56. The van der Waals surface area contributed by atoms with Gasteiger partial charge in [0.25, 0.3) is 0 Å². The zero-order valence-electron chi connectivity index (χ0n) is 25.5. The molecule has 2 aromatic carbocycles. The van der Waals surface area contributed by atoms with Crippen molar-refractivity contribution in [2.45, 2.75) is 69.7 Å². The Morgan fingerprint density at radius 2 is 1.91 bits per heavy atom. The Morgan fingerprint density at radius 1 is 1.13 bits per heavy atom. The Kier molecular flexibility index (Phi) is 10.4. The highest BCUT2D eigenvalue weighted by atomic mass is 32.2. The number of ether oxygens (including phenoxy) is 4. The molecule has 0 radical (unpaired) electrons. The largest absolute Gasteiger partial charge is 0.459 e. The number of esters is 1. The number of amides is 1. The topological polar surface area (TPSA) is 167 Å². The molecule has 0 spiro atoms. The first-order chi connectivity index (χ1) is 21.5. The summed E-state index contributed by atoms with van der Waals surface area (Å²) in [7, 11) is -4.15. The van der Waals surface area contributed by atoms with Crippen LogP contribution in [0.15, 0.2) is 57.9 Å². The van der Waals surface area contributed by atoms with Crippen LogP contribution >= 0.6 is 0 Å². The summed E-state index contributed by atoms with van der Waals surface area (Å²) in [6.07, 6.45) is -1.96. The fraction of sp³-hybridized carbons (Fsp3) is 0.516. The second-order valence-electron chi connectivity index (χ2n) is 11.8. The second kappa shape index (κ2) is 14.3. The maximum atomic E-state index is 14.0. The van der Waals surface area contributed by atoms with Crippen molar-refractivity contribution in [1.29, 1.82) is 0 Å². The third kappa shape index (κ3) is 8.00. The highest BCUT2D eigenvalue weighted by Crippen LogP contribution is 2.33. The zero-order valence-corrected chi connectivity index (χ0v) is 26.3. The molecule has 13 nitrogen and oxygen atoms in total. The first-order valence-corrected chi connectivity index (χ1v) is 16.4. The number of hydrogen-bond donors (Lipinski definition) is 2. The average Bonchev–Trinajstić information content (AvgIpc) is 3.73. The molecule has 0 aliphatic carbocycles. The van der Waals surface area contributed by atoms with Gasteiger partial charge in [0, 0.05) is 25.4 Å². The number of rotatable bonds is 13. The van der Waals surface area contributed by atoms with E-state index in [0.29, 0.717) is 24.0 Å². The maximum Gasteiger partial charge on any atom is 0.407 e. The van der Waals surface area contributed by atoms with E-state index in [2.05, 4.69) is 10.5 Å². The van der Waals surface area contributed by atoms with E-state index in [1.807, 2.05) is 44.2 Å². The molecular formula is C31H39N3O10S. The first-order valence-electron chi connectivity index (χ1n) is 15.0. The van der Waals surface area contributed by atoms with E-state index in [0.717, 1.165) is 5.56 Å². The number of nitrogens with one attached hydrogen (secondary N) is 1. The van der Waals surface area contributed by atoms with Crippen molar-refractivity contribution in [2.24, 2.45) is 11.8 Å². The number of aromatic nitrogens is 1. The lowest BCUT2D eigenvalue weighted by molar-refractivity contribution is -0.142. The molecule has 14 heteroatoms. The third-order valence-electron chi connectivity index (χ3n) is 7.84. The number of benzene rings is 2. The van der Waals surface area contributed by atoms with Crippen molar-refractivity contribution in [1.82, 2.24) is 14.8 Å². The summed E-state index contributed by atoms with van der Waals surface area (Å²) in [4.78, 5) is 24.3. The third-order valence-corrected chi connectivity index (χ3v) is 9.66. The molecule has 1 unspecified atom stereocenters. The number of nitrogens with zero attached hydrogens (tertiary/aromatic N) is 2. The lowest BCUT2D eigenvalue weighted by Gasteiger charge is -2.31. The molecule has 5 atom stereocenters. The Balaban J connectivity index is 1.36. The van der Waals surface area contributed by atoms with Crippen LogP contribution in [-0.2, 0) is 46.8 Å². The van der Waals surface area contributed by atoms with E-state index in [4.69, 9.17) is 23.5 Å². The number of hydrogen-bond acceptors (Lipinski definition) is 11. The van der Waals surface area contributed by atoms with Gasteiger partial charge in [0.15, 0.2) is 11.9 Å². The van der Waals surface area contributed by atoms with E-state index in [9.17, 15) is 23.1 Å². The van der Waals surface area contributed by atoms with Gasteiger partial charge < -0.3 is 33.9 Å². The summed E-state index contributed by atoms with van der Waals surface area (Å²) in [6, 6.07) is 12.7. The molecule has 45 heavy (non-hydrogen) atoms. The predicted octanol–water partition coefficient (Wildman–Crippen LogP) is 3.00. The van der Waals surface area contributed by atoms with E-state index < -0.39 is 46.6 Å². The smallest absolute Gasteiger partial charge is 0.407 e. The molecule has 2 N–H and O–H groups in total. The van der Waals surface area contributed by atoms with Crippen LogP contribution in [0.5, 0.6) is 0 Å². The van der Waals surface area contributed by atoms with Crippen molar-refractivity contribution >= 4 is 33.1 Å². The summed E-state index contributed by atoms with van der Waals surface area (Å²) in [5.74, 6) is -0.652. The summed E-state index contributed by atoms with van der Waals surface area (Å²) in [5.41, 5.74) is 1.45. The van der Waals surface area contributed by atoms with E-state index in [-0.39, 0.29) is 55.1 Å². The Labute approximate surface area is 261 Å². The monoisotopic (exact) mass is 645 g/mol. The molecule has 3 aromatic rings. The number of alkyl carbamates (subject to hydrolysis) is 1. The SMILES string of the molecule is CC(=O)OCc1noc2ccc(S(=O)(=O)N(CC(C)C)C[C@@H](O)[C@H](Cc3ccccc3)NC(=O)OC3CO[C@H]4OCC[C@@H]34)cc12. The molecule has 2 aliphatic rings. The normalized spacial score (nSPS) is 21.2. The van der Waals surface area contributed by atoms with Gasteiger partial charge >= 0.3 is 12.1 Å². The van der Waals surface area contributed by atoms with Crippen LogP contribution in [0, 0.1) is 11.8 Å². The predicted molar refractivity (Wildman–Crippen MR) is 160 cm³/mol. The van der Waals surface area contributed by atoms with Crippen LogP contribution in [0.25, 0.3) is 11.0 Å². The molecule has 3 heterocycles. The van der Waals surface area contributed by atoms with E-state index in [1.165, 1.54) is 29.4 Å². The number of carbonyl (C=O) groups is 2. The molecule has 0 saturated carbocycles. The number of carbonyl (C=O) groups excluding carboxylic acids is 2. The van der Waals surface area contributed by atoms with Gasteiger partial charge in [-0.15, -0.1) is 0 Å². The fourth-order valence-electron chi connectivity index (χ4n) is 5.59. The second-order valence-corrected chi connectivity index (χ2v) is 13.7. The van der Waals surface area contributed by atoms with Crippen molar-refractivity contribution in [3.05, 3.63) is 59.8 Å². The van der Waals surface area contributed by atoms with Crippen molar-refractivity contribution in [2.75, 3.05) is 26.3 Å². The van der Waals surface area contributed by atoms with Gasteiger partial charge in [-0.2, -0.15) is 4.31 Å². The minimum atomic E-state index is -4.15. The number of sulfonamides is 1. The van der Waals surface area contributed by atoms with Crippen LogP contribution < -0.4 is 5.32 Å². The van der Waals surface area contributed by atoms with Gasteiger partial charge in [-0.25, -0.2) is 13.2 Å². The summed E-state index contributed by atoms with van der Waals surface area (Å²) in [6.45, 7) is 5.38. The summed E-state index contributed by atoms with van der Waals surface area (Å²) >= 11 is 0. The Morgan fingerprint density at radius 3 is 2.64 bits per heavy atom. The van der Waals surface area contributed by atoms with Gasteiger partial charge in [-0.1, -0.05) is 49.3 Å². The van der Waals surface area contributed by atoms with Crippen molar-refractivity contribution in [3.8, 4) is 0 Å². The zero-order chi connectivity index (χ0) is 32.1. The van der Waals surface area contributed by atoms with Gasteiger partial charge in [0.05, 0.1) is 36.2 Å². The minimum absolute atomic E-state index is 0.0447. The standard InChI is InChI=1S/C31H39N3O10S/c1-19(2)15-34(45(38,39)22-9-10-28-24(14-22)26(33-44-28)17-41-20(3)35)16-27(36)25(13-21-7-5-4-6-8-21)32-31(37)43-29-18-42-30-23(29)11-12-40-30/h4-10,14,19,23,25,27,29-30,36H,11-13,15-18H2,1-3H3,(H,32,37)/t23-,25-,27+,29?,30+/m0/s1. The van der Waals surface area contributed by atoms with E-state index in [1.54, 1.807) is 0 Å². The Bertz CT molecular complexity index is 1580. The minimum Gasteiger partial charge on any atom is -0.459 e. The number of aliphatic hydroxyl groups is 1. The molecule has 5 rings (SSSR count). The van der Waals surface area contributed by atoms with Crippen molar-refractivity contribution < 1.29 is 46.6 Å². The maximum absolute atomic E-state index is 14.0. The fourth-order valence-corrected chi connectivity index (χ4v) is 7.24. The highest BCUT2D eigenvalue weighted by Gasteiger charge is 2.44. The molecular weight excluding hydrogens is 606 g/mol. The van der Waals surface area contributed by atoms with Crippen LogP contribution in [0.1, 0.15) is 38.4 Å².